The summed E-state index contributed by atoms with van der Waals surface area (Å²) in [7, 11) is 0. The Hall–Kier alpha value is -1.51. The first kappa shape index (κ1) is 11.0. The molecule has 0 saturated carbocycles. The van der Waals surface area contributed by atoms with E-state index in [1.807, 2.05) is 4.98 Å². The fourth-order valence-corrected chi connectivity index (χ4v) is 1.51. The summed E-state index contributed by atoms with van der Waals surface area (Å²) < 4.78 is 18.2. The summed E-state index contributed by atoms with van der Waals surface area (Å²) in [4.78, 5) is 24.6. The van der Waals surface area contributed by atoms with E-state index in [9.17, 15) is 24.2 Å². The van der Waals surface area contributed by atoms with Crippen molar-refractivity contribution in [1.82, 2.24) is 9.55 Å². The first-order valence-electron chi connectivity index (χ1n) is 4.50. The van der Waals surface area contributed by atoms with E-state index in [4.69, 9.17) is 4.74 Å². The molecule has 3 N–H and O–H groups in total. The SMILES string of the molecule is O=c1[nH]cc(F)c(=O)n1[C@H]1OC[C@H](O)[C@@H]1O. The first-order valence-corrected chi connectivity index (χ1v) is 4.50. The number of H-pyrrole nitrogens is 1. The fraction of sp³-hybridized carbons (Fsp3) is 0.500. The third-order valence-corrected chi connectivity index (χ3v) is 2.34. The van der Waals surface area contributed by atoms with Gasteiger partial charge in [-0.25, -0.2) is 9.36 Å². The maximum Gasteiger partial charge on any atom is 0.330 e. The first-order chi connectivity index (χ1) is 7.52. The number of hydrogen-bond donors (Lipinski definition) is 3. The van der Waals surface area contributed by atoms with Gasteiger partial charge < -0.3 is 19.9 Å². The van der Waals surface area contributed by atoms with Crippen molar-refractivity contribution < 1.29 is 19.3 Å². The number of aromatic nitrogens is 2. The molecule has 88 valence electrons. The van der Waals surface area contributed by atoms with Crippen LogP contribution in [0, 0.1) is 5.82 Å². The van der Waals surface area contributed by atoms with Crippen LogP contribution in [0.15, 0.2) is 15.8 Å². The summed E-state index contributed by atoms with van der Waals surface area (Å²) in [5.74, 6) is -1.17. The molecule has 0 bridgehead atoms. The number of halogens is 1. The number of rotatable bonds is 1. The average molecular weight is 232 g/mol. The second-order valence-electron chi connectivity index (χ2n) is 3.40. The standard InChI is InChI=1S/C8H9FN2O5/c9-3-1-10-8(15)11(6(3)14)7-5(13)4(12)2-16-7/h1,4-5,7,12-13H,2H2,(H,10,15)/t4-,5-,7-/m0/s1. The van der Waals surface area contributed by atoms with E-state index in [0.29, 0.717) is 10.8 Å². The Morgan fingerprint density at radius 2 is 2.19 bits per heavy atom. The van der Waals surface area contributed by atoms with Crippen molar-refractivity contribution >= 4 is 0 Å². The van der Waals surface area contributed by atoms with Gasteiger partial charge in [0.15, 0.2) is 6.23 Å². The Morgan fingerprint density at radius 3 is 2.75 bits per heavy atom. The van der Waals surface area contributed by atoms with Gasteiger partial charge in [0.05, 0.1) is 6.61 Å². The number of ether oxygens (including phenoxy) is 1. The number of aromatic amines is 1. The van der Waals surface area contributed by atoms with Crippen LogP contribution in [0.2, 0.25) is 0 Å². The maximum atomic E-state index is 12.9. The highest BCUT2D eigenvalue weighted by molar-refractivity contribution is 4.92. The lowest BCUT2D eigenvalue weighted by atomic mass is 10.2. The minimum absolute atomic E-state index is 0.228. The summed E-state index contributed by atoms with van der Waals surface area (Å²) in [5.41, 5.74) is -2.12. The van der Waals surface area contributed by atoms with Crippen molar-refractivity contribution in [3.63, 3.8) is 0 Å². The van der Waals surface area contributed by atoms with Gasteiger partial charge >= 0.3 is 5.69 Å². The molecule has 1 aliphatic heterocycles. The summed E-state index contributed by atoms with van der Waals surface area (Å²) in [6.45, 7) is -0.228. The predicted molar refractivity (Wildman–Crippen MR) is 48.3 cm³/mol. The lowest BCUT2D eigenvalue weighted by Crippen LogP contribution is -2.43. The van der Waals surface area contributed by atoms with Gasteiger partial charge in [-0.05, 0) is 0 Å². The molecule has 0 unspecified atom stereocenters. The minimum Gasteiger partial charge on any atom is -0.388 e. The molecular formula is C8H9FN2O5. The Balaban J connectivity index is 2.53. The average Bonchev–Trinajstić information content (AvgIpc) is 2.56. The van der Waals surface area contributed by atoms with Gasteiger partial charge in [-0.3, -0.25) is 4.79 Å². The van der Waals surface area contributed by atoms with E-state index in [1.165, 1.54) is 0 Å². The third kappa shape index (κ3) is 1.56. The third-order valence-electron chi connectivity index (χ3n) is 2.34. The van der Waals surface area contributed by atoms with Crippen molar-refractivity contribution in [1.29, 1.82) is 0 Å². The molecule has 0 aromatic carbocycles. The Bertz CT molecular complexity index is 510. The van der Waals surface area contributed by atoms with Crippen LogP contribution in [-0.2, 0) is 4.74 Å². The van der Waals surface area contributed by atoms with Crippen LogP contribution < -0.4 is 11.2 Å². The van der Waals surface area contributed by atoms with Crippen LogP contribution in [0.1, 0.15) is 6.23 Å². The lowest BCUT2D eigenvalue weighted by Gasteiger charge is -2.15. The molecule has 2 rings (SSSR count). The van der Waals surface area contributed by atoms with Crippen molar-refractivity contribution in [3.05, 3.63) is 32.9 Å². The number of aliphatic hydroxyl groups is 2. The highest BCUT2D eigenvalue weighted by Gasteiger charge is 2.37. The summed E-state index contributed by atoms with van der Waals surface area (Å²) >= 11 is 0. The Labute approximate surface area is 87.7 Å². The van der Waals surface area contributed by atoms with E-state index >= 15 is 0 Å². The summed E-state index contributed by atoms with van der Waals surface area (Å²) in [6.07, 6.45) is -3.40. The van der Waals surface area contributed by atoms with Crippen LogP contribution >= 0.6 is 0 Å². The van der Waals surface area contributed by atoms with Crippen molar-refractivity contribution in [2.45, 2.75) is 18.4 Å². The van der Waals surface area contributed by atoms with Gasteiger partial charge in [0.25, 0.3) is 5.56 Å². The van der Waals surface area contributed by atoms with Crippen LogP contribution in [0.25, 0.3) is 0 Å². The lowest BCUT2D eigenvalue weighted by molar-refractivity contribution is -0.0237. The zero-order valence-corrected chi connectivity index (χ0v) is 7.96. The van der Waals surface area contributed by atoms with Crippen molar-refractivity contribution in [3.8, 4) is 0 Å². The number of nitrogens with zero attached hydrogens (tertiary/aromatic N) is 1. The molecule has 0 aliphatic carbocycles. The van der Waals surface area contributed by atoms with Gasteiger partial charge in [0, 0.05) is 6.20 Å². The molecule has 16 heavy (non-hydrogen) atoms. The van der Waals surface area contributed by atoms with Crippen LogP contribution in [0.5, 0.6) is 0 Å². The quantitative estimate of drug-likeness (QED) is 0.515. The van der Waals surface area contributed by atoms with Gasteiger partial charge in [0.1, 0.15) is 12.2 Å². The molecular weight excluding hydrogens is 223 g/mol. The molecule has 1 aromatic heterocycles. The number of nitrogens with one attached hydrogen (secondary N) is 1. The second kappa shape index (κ2) is 3.81. The van der Waals surface area contributed by atoms with Gasteiger partial charge in [-0.15, -0.1) is 0 Å². The Morgan fingerprint density at radius 1 is 1.50 bits per heavy atom. The van der Waals surface area contributed by atoms with E-state index in [0.717, 1.165) is 0 Å². The van der Waals surface area contributed by atoms with Crippen LogP contribution in [0.3, 0.4) is 0 Å². The van der Waals surface area contributed by atoms with E-state index in [2.05, 4.69) is 0 Å². The van der Waals surface area contributed by atoms with Crippen LogP contribution in [-0.4, -0.2) is 38.6 Å². The van der Waals surface area contributed by atoms with E-state index in [1.54, 1.807) is 0 Å². The normalized spacial score (nSPS) is 29.6. The molecule has 8 heteroatoms. The van der Waals surface area contributed by atoms with Gasteiger partial charge in [-0.1, -0.05) is 0 Å². The largest absolute Gasteiger partial charge is 0.388 e. The topological polar surface area (TPSA) is 105 Å². The molecule has 1 aromatic rings. The van der Waals surface area contributed by atoms with Gasteiger partial charge in [-0.2, -0.15) is 4.39 Å². The zero-order chi connectivity index (χ0) is 11.9. The van der Waals surface area contributed by atoms with Crippen molar-refractivity contribution in [2.75, 3.05) is 6.61 Å². The fourth-order valence-electron chi connectivity index (χ4n) is 1.51. The summed E-state index contributed by atoms with van der Waals surface area (Å²) in [6, 6.07) is 0. The molecule has 0 spiro atoms. The molecule has 0 radical (unpaired) electrons. The highest BCUT2D eigenvalue weighted by Crippen LogP contribution is 2.21. The van der Waals surface area contributed by atoms with Crippen LogP contribution in [0.4, 0.5) is 4.39 Å². The van der Waals surface area contributed by atoms with E-state index < -0.39 is 35.5 Å². The number of hydrogen-bond acceptors (Lipinski definition) is 5. The molecule has 1 aliphatic rings. The van der Waals surface area contributed by atoms with Gasteiger partial charge in [0.2, 0.25) is 5.82 Å². The smallest absolute Gasteiger partial charge is 0.330 e. The Kier molecular flexibility index (Phi) is 2.62. The monoisotopic (exact) mass is 232 g/mol. The summed E-state index contributed by atoms with van der Waals surface area (Å²) in [5, 5.41) is 18.6. The molecule has 3 atom stereocenters. The molecule has 1 saturated heterocycles. The second-order valence-corrected chi connectivity index (χ2v) is 3.40. The molecule has 7 nitrogen and oxygen atoms in total. The number of aliphatic hydroxyl groups excluding tert-OH is 2. The molecule has 0 amide bonds. The maximum absolute atomic E-state index is 12.9. The minimum atomic E-state index is -1.44. The molecule has 1 fully saturated rings. The zero-order valence-electron chi connectivity index (χ0n) is 7.96. The van der Waals surface area contributed by atoms with Crippen molar-refractivity contribution in [2.24, 2.45) is 0 Å². The van der Waals surface area contributed by atoms with E-state index in [-0.39, 0.29) is 6.61 Å². The predicted octanol–water partition coefficient (Wildman–Crippen LogP) is -2.07. The highest BCUT2D eigenvalue weighted by atomic mass is 19.1. The molecule has 2 heterocycles.